The molecule has 0 aliphatic carbocycles. The van der Waals surface area contributed by atoms with E-state index in [0.29, 0.717) is 22.8 Å². The number of amides is 1. The van der Waals surface area contributed by atoms with Gasteiger partial charge in [0.15, 0.2) is 5.78 Å². The Morgan fingerprint density at radius 1 is 1.41 bits per heavy atom. The number of hydrogen-bond acceptors (Lipinski definition) is 3. The van der Waals surface area contributed by atoms with Gasteiger partial charge in [-0.05, 0) is 18.2 Å². The Hall–Kier alpha value is -1.55. The first-order valence-electron chi connectivity index (χ1n) is 5.22. The highest BCUT2D eigenvalue weighted by Gasteiger charge is 2.13. The SMILES string of the molecule is CCC(=O)NCC(=O)c1cc(Cl)ccc1OC. The number of Topliss-reactive ketones (excluding diaryl/α,β-unsaturated/α-hetero) is 1. The maximum atomic E-state index is 11.8. The van der Waals surface area contributed by atoms with Gasteiger partial charge in [-0.1, -0.05) is 18.5 Å². The molecule has 1 N–H and O–H groups in total. The van der Waals surface area contributed by atoms with Gasteiger partial charge in [0.25, 0.3) is 0 Å². The maximum absolute atomic E-state index is 11.8. The fourth-order valence-corrected chi connectivity index (χ4v) is 1.47. The molecule has 0 fully saturated rings. The molecule has 0 bridgehead atoms. The molecule has 1 rings (SSSR count). The molecule has 0 aliphatic heterocycles. The third-order valence-corrected chi connectivity index (χ3v) is 2.46. The average molecular weight is 256 g/mol. The Morgan fingerprint density at radius 3 is 2.71 bits per heavy atom. The Kier molecular flexibility index (Phi) is 4.97. The molecular formula is C12H14ClNO3. The number of benzene rings is 1. The molecule has 0 heterocycles. The Balaban J connectivity index is 2.80. The number of methoxy groups -OCH3 is 1. The fourth-order valence-electron chi connectivity index (χ4n) is 1.30. The van der Waals surface area contributed by atoms with E-state index in [1.165, 1.54) is 13.2 Å². The second-order valence-electron chi connectivity index (χ2n) is 3.40. The zero-order valence-corrected chi connectivity index (χ0v) is 10.5. The fraction of sp³-hybridized carbons (Fsp3) is 0.333. The van der Waals surface area contributed by atoms with E-state index in [0.717, 1.165) is 0 Å². The van der Waals surface area contributed by atoms with E-state index >= 15 is 0 Å². The topological polar surface area (TPSA) is 55.4 Å². The highest BCUT2D eigenvalue weighted by Crippen LogP contribution is 2.22. The van der Waals surface area contributed by atoms with Crippen LogP contribution in [0.1, 0.15) is 23.7 Å². The highest BCUT2D eigenvalue weighted by molar-refractivity contribution is 6.31. The van der Waals surface area contributed by atoms with Crippen LogP contribution >= 0.6 is 11.6 Å². The van der Waals surface area contributed by atoms with Crippen LogP contribution in [0.5, 0.6) is 5.75 Å². The molecule has 0 aliphatic rings. The van der Waals surface area contributed by atoms with E-state index in [9.17, 15) is 9.59 Å². The molecule has 0 saturated carbocycles. The van der Waals surface area contributed by atoms with Crippen LogP contribution in [-0.2, 0) is 4.79 Å². The lowest BCUT2D eigenvalue weighted by atomic mass is 10.1. The summed E-state index contributed by atoms with van der Waals surface area (Å²) in [5.74, 6) is 0.0515. The van der Waals surface area contributed by atoms with Gasteiger partial charge in [-0.2, -0.15) is 0 Å². The van der Waals surface area contributed by atoms with Crippen LogP contribution in [0.4, 0.5) is 0 Å². The number of carbonyl (C=O) groups excluding carboxylic acids is 2. The van der Waals surface area contributed by atoms with E-state index in [2.05, 4.69) is 5.32 Å². The predicted molar refractivity (Wildman–Crippen MR) is 65.6 cm³/mol. The summed E-state index contributed by atoms with van der Waals surface area (Å²) in [6.45, 7) is 1.67. The molecule has 1 aromatic rings. The second-order valence-corrected chi connectivity index (χ2v) is 3.83. The molecular weight excluding hydrogens is 242 g/mol. The van der Waals surface area contributed by atoms with E-state index < -0.39 is 0 Å². The summed E-state index contributed by atoms with van der Waals surface area (Å²) < 4.78 is 5.06. The van der Waals surface area contributed by atoms with Gasteiger partial charge in [0, 0.05) is 11.4 Å². The van der Waals surface area contributed by atoms with Crippen LogP contribution in [0.2, 0.25) is 5.02 Å². The van der Waals surface area contributed by atoms with Gasteiger partial charge in [0.2, 0.25) is 5.91 Å². The molecule has 17 heavy (non-hydrogen) atoms. The Morgan fingerprint density at radius 2 is 2.12 bits per heavy atom. The quantitative estimate of drug-likeness (QED) is 0.820. The van der Waals surface area contributed by atoms with E-state index in [1.54, 1.807) is 19.1 Å². The largest absolute Gasteiger partial charge is 0.496 e. The lowest BCUT2D eigenvalue weighted by molar-refractivity contribution is -0.120. The Bertz CT molecular complexity index is 432. The van der Waals surface area contributed by atoms with Crippen LogP contribution in [0.15, 0.2) is 18.2 Å². The third-order valence-electron chi connectivity index (χ3n) is 2.23. The van der Waals surface area contributed by atoms with Crippen molar-refractivity contribution >= 4 is 23.3 Å². The van der Waals surface area contributed by atoms with Gasteiger partial charge >= 0.3 is 0 Å². The first-order valence-corrected chi connectivity index (χ1v) is 5.59. The van der Waals surface area contributed by atoms with E-state index in [4.69, 9.17) is 16.3 Å². The molecule has 0 radical (unpaired) electrons. The highest BCUT2D eigenvalue weighted by atomic mass is 35.5. The predicted octanol–water partition coefficient (Wildman–Crippen LogP) is 2.06. The zero-order chi connectivity index (χ0) is 12.8. The van der Waals surface area contributed by atoms with Gasteiger partial charge in [-0.25, -0.2) is 0 Å². The van der Waals surface area contributed by atoms with Crippen molar-refractivity contribution in [3.05, 3.63) is 28.8 Å². The first kappa shape index (κ1) is 13.5. The number of halogens is 1. The summed E-state index contributed by atoms with van der Waals surface area (Å²) in [7, 11) is 1.48. The van der Waals surface area contributed by atoms with Crippen LogP contribution in [0.25, 0.3) is 0 Å². The Labute approximate surface area is 105 Å². The van der Waals surface area contributed by atoms with Gasteiger partial charge < -0.3 is 10.1 Å². The molecule has 4 nitrogen and oxygen atoms in total. The molecule has 0 atom stereocenters. The van der Waals surface area contributed by atoms with Crippen molar-refractivity contribution in [3.63, 3.8) is 0 Å². The molecule has 1 amide bonds. The minimum Gasteiger partial charge on any atom is -0.496 e. The monoisotopic (exact) mass is 255 g/mol. The lowest BCUT2D eigenvalue weighted by Crippen LogP contribution is -2.28. The standard InChI is InChI=1S/C12H14ClNO3/c1-3-12(16)14-7-10(15)9-6-8(13)4-5-11(9)17-2/h4-6H,3,7H2,1-2H3,(H,14,16). The molecule has 1 aromatic carbocycles. The summed E-state index contributed by atoms with van der Waals surface area (Å²) in [6.07, 6.45) is 0.347. The third kappa shape index (κ3) is 3.75. The summed E-state index contributed by atoms with van der Waals surface area (Å²) in [5, 5.41) is 2.97. The number of ketones is 1. The molecule has 0 unspecified atom stereocenters. The van der Waals surface area contributed by atoms with Crippen molar-refractivity contribution in [2.45, 2.75) is 13.3 Å². The van der Waals surface area contributed by atoms with E-state index in [-0.39, 0.29) is 18.2 Å². The number of nitrogens with one attached hydrogen (secondary N) is 1. The normalized spacial score (nSPS) is 9.82. The van der Waals surface area contributed by atoms with Crippen molar-refractivity contribution in [2.24, 2.45) is 0 Å². The van der Waals surface area contributed by atoms with Gasteiger partial charge in [-0.15, -0.1) is 0 Å². The van der Waals surface area contributed by atoms with Crippen molar-refractivity contribution in [3.8, 4) is 5.75 Å². The van der Waals surface area contributed by atoms with Crippen LogP contribution in [-0.4, -0.2) is 25.3 Å². The first-order chi connectivity index (χ1) is 8.08. The smallest absolute Gasteiger partial charge is 0.220 e. The van der Waals surface area contributed by atoms with Gasteiger partial charge in [0.05, 0.1) is 19.2 Å². The van der Waals surface area contributed by atoms with Gasteiger partial charge in [-0.3, -0.25) is 9.59 Å². The second kappa shape index (κ2) is 6.25. The summed E-state index contributed by atoms with van der Waals surface area (Å²) >= 11 is 5.81. The van der Waals surface area contributed by atoms with Crippen molar-refractivity contribution in [2.75, 3.05) is 13.7 Å². The number of rotatable bonds is 5. The molecule has 0 spiro atoms. The number of hydrogen-bond donors (Lipinski definition) is 1. The number of carbonyl (C=O) groups is 2. The van der Waals surface area contributed by atoms with E-state index in [1.807, 2.05) is 0 Å². The van der Waals surface area contributed by atoms with Crippen LogP contribution in [0.3, 0.4) is 0 Å². The zero-order valence-electron chi connectivity index (χ0n) is 9.75. The molecule has 0 aromatic heterocycles. The summed E-state index contributed by atoms with van der Waals surface area (Å²) in [4.78, 5) is 22.9. The number of ether oxygens (including phenoxy) is 1. The van der Waals surface area contributed by atoms with Crippen molar-refractivity contribution < 1.29 is 14.3 Å². The molecule has 92 valence electrons. The average Bonchev–Trinajstić information content (AvgIpc) is 2.35. The van der Waals surface area contributed by atoms with Crippen LogP contribution < -0.4 is 10.1 Å². The van der Waals surface area contributed by atoms with Crippen LogP contribution in [0, 0.1) is 0 Å². The van der Waals surface area contributed by atoms with Crippen molar-refractivity contribution in [1.82, 2.24) is 5.32 Å². The molecule has 5 heteroatoms. The summed E-state index contributed by atoms with van der Waals surface area (Å²) in [6, 6.07) is 4.79. The lowest BCUT2D eigenvalue weighted by Gasteiger charge is -2.08. The minimum absolute atomic E-state index is 0.0522. The van der Waals surface area contributed by atoms with Gasteiger partial charge in [0.1, 0.15) is 5.75 Å². The molecule has 0 saturated heterocycles. The van der Waals surface area contributed by atoms with Crippen molar-refractivity contribution in [1.29, 1.82) is 0 Å². The maximum Gasteiger partial charge on any atom is 0.220 e. The summed E-state index contributed by atoms with van der Waals surface area (Å²) in [5.41, 5.74) is 0.372. The minimum atomic E-state index is -0.230.